The molecule has 0 radical (unpaired) electrons. The number of carbonyl (C=O) groups excluding carboxylic acids is 2. The zero-order valence-electron chi connectivity index (χ0n) is 17.2. The van der Waals surface area contributed by atoms with Gasteiger partial charge in [0.25, 0.3) is 11.8 Å². The molecule has 7 nitrogen and oxygen atoms in total. The summed E-state index contributed by atoms with van der Waals surface area (Å²) in [5.41, 5.74) is 5.15. The van der Waals surface area contributed by atoms with Crippen molar-refractivity contribution >= 4 is 11.8 Å². The highest BCUT2D eigenvalue weighted by atomic mass is 16.5. The largest absolute Gasteiger partial charge is 0.497 e. The summed E-state index contributed by atoms with van der Waals surface area (Å²) in [6.07, 6.45) is 0.172. The molecule has 0 aliphatic heterocycles. The summed E-state index contributed by atoms with van der Waals surface area (Å²) in [6, 6.07) is 13.6. The third-order valence-electron chi connectivity index (χ3n) is 4.12. The molecule has 1 atom stereocenters. The third-order valence-corrected chi connectivity index (χ3v) is 4.12. The van der Waals surface area contributed by atoms with Gasteiger partial charge in [-0.15, -0.1) is 0 Å². The van der Waals surface area contributed by atoms with Crippen LogP contribution in [-0.2, 0) is 4.79 Å². The average molecular weight is 400 g/mol. The van der Waals surface area contributed by atoms with Gasteiger partial charge in [0, 0.05) is 5.56 Å². The molecule has 0 saturated heterocycles. The van der Waals surface area contributed by atoms with Crippen molar-refractivity contribution in [3.8, 4) is 17.2 Å². The van der Waals surface area contributed by atoms with Gasteiger partial charge < -0.3 is 14.2 Å². The van der Waals surface area contributed by atoms with Crippen molar-refractivity contribution in [2.45, 2.75) is 33.3 Å². The molecule has 156 valence electrons. The summed E-state index contributed by atoms with van der Waals surface area (Å²) in [5, 5.41) is 0. The second-order valence-electron chi connectivity index (χ2n) is 6.93. The molecule has 0 spiro atoms. The Hall–Kier alpha value is -3.22. The van der Waals surface area contributed by atoms with Crippen molar-refractivity contribution in [2.75, 3.05) is 13.7 Å². The number of carbonyl (C=O) groups is 2. The predicted octanol–water partition coefficient (Wildman–Crippen LogP) is 3.35. The predicted molar refractivity (Wildman–Crippen MR) is 110 cm³/mol. The average Bonchev–Trinajstić information content (AvgIpc) is 2.72. The lowest BCUT2D eigenvalue weighted by Gasteiger charge is -2.15. The molecule has 2 amide bonds. The van der Waals surface area contributed by atoms with Crippen molar-refractivity contribution < 1.29 is 23.8 Å². The maximum Gasteiger partial charge on any atom is 0.279 e. The Morgan fingerprint density at radius 2 is 1.45 bits per heavy atom. The molecule has 0 bridgehead atoms. The standard InChI is InChI=1S/C22H28N2O5/c1-15(2)13-14-28-19-7-5-17(6-8-19)22(26)24-23-21(25)16(3)29-20-11-9-18(27-4)10-12-20/h5-12,15-16H,13-14H2,1-4H3,(H,23,25)(H,24,26). The Bertz CT molecular complexity index is 788. The van der Waals surface area contributed by atoms with E-state index in [9.17, 15) is 9.59 Å². The van der Waals surface area contributed by atoms with Gasteiger partial charge in [0.1, 0.15) is 17.2 Å². The van der Waals surface area contributed by atoms with Crippen molar-refractivity contribution in [2.24, 2.45) is 5.92 Å². The third kappa shape index (κ3) is 7.37. The zero-order chi connectivity index (χ0) is 21.2. The summed E-state index contributed by atoms with van der Waals surface area (Å²) in [6.45, 7) is 6.49. The number of rotatable bonds is 9. The second-order valence-corrected chi connectivity index (χ2v) is 6.93. The Balaban J connectivity index is 1.78. The van der Waals surface area contributed by atoms with Crippen LogP contribution in [0.15, 0.2) is 48.5 Å². The van der Waals surface area contributed by atoms with Crippen molar-refractivity contribution in [3.05, 3.63) is 54.1 Å². The lowest BCUT2D eigenvalue weighted by atomic mass is 10.1. The first-order valence-corrected chi connectivity index (χ1v) is 9.52. The molecule has 2 N–H and O–H groups in total. The van der Waals surface area contributed by atoms with E-state index < -0.39 is 17.9 Å². The summed E-state index contributed by atoms with van der Waals surface area (Å²) in [5.74, 6) is 1.59. The minimum atomic E-state index is -0.791. The van der Waals surface area contributed by atoms with Crippen molar-refractivity contribution in [1.29, 1.82) is 0 Å². The highest BCUT2D eigenvalue weighted by Gasteiger charge is 2.16. The minimum Gasteiger partial charge on any atom is -0.497 e. The van der Waals surface area contributed by atoms with Gasteiger partial charge in [-0.1, -0.05) is 13.8 Å². The number of amides is 2. The Morgan fingerprint density at radius 3 is 2.03 bits per heavy atom. The van der Waals surface area contributed by atoms with E-state index in [2.05, 4.69) is 24.7 Å². The van der Waals surface area contributed by atoms with Gasteiger partial charge in [-0.25, -0.2) is 0 Å². The fourth-order valence-electron chi connectivity index (χ4n) is 2.32. The summed E-state index contributed by atoms with van der Waals surface area (Å²) < 4.78 is 16.2. The molecule has 0 aromatic heterocycles. The molecule has 0 aliphatic rings. The molecule has 7 heteroatoms. The fraction of sp³-hybridized carbons (Fsp3) is 0.364. The van der Waals surface area contributed by atoms with Crippen LogP contribution in [0.2, 0.25) is 0 Å². The Kier molecular flexibility index (Phi) is 8.33. The van der Waals surface area contributed by atoms with E-state index in [0.29, 0.717) is 35.3 Å². The van der Waals surface area contributed by atoms with Crippen molar-refractivity contribution in [1.82, 2.24) is 10.9 Å². The first-order valence-electron chi connectivity index (χ1n) is 9.52. The number of nitrogens with one attached hydrogen (secondary N) is 2. The highest BCUT2D eigenvalue weighted by molar-refractivity contribution is 5.95. The summed E-state index contributed by atoms with van der Waals surface area (Å²) in [7, 11) is 1.57. The lowest BCUT2D eigenvalue weighted by molar-refractivity contribution is -0.128. The summed E-state index contributed by atoms with van der Waals surface area (Å²) >= 11 is 0. The van der Waals surface area contributed by atoms with Crippen LogP contribution in [0.1, 0.15) is 37.6 Å². The second kappa shape index (κ2) is 10.9. The van der Waals surface area contributed by atoms with E-state index in [0.717, 1.165) is 6.42 Å². The van der Waals surface area contributed by atoms with E-state index in [1.54, 1.807) is 62.6 Å². The van der Waals surface area contributed by atoms with Crippen LogP contribution in [-0.4, -0.2) is 31.6 Å². The molecule has 29 heavy (non-hydrogen) atoms. The van der Waals surface area contributed by atoms with Crippen molar-refractivity contribution in [3.63, 3.8) is 0 Å². The van der Waals surface area contributed by atoms with Gasteiger partial charge in [0.05, 0.1) is 13.7 Å². The van der Waals surface area contributed by atoms with Crippen LogP contribution in [0.5, 0.6) is 17.2 Å². The van der Waals surface area contributed by atoms with Crippen LogP contribution in [0.3, 0.4) is 0 Å². The van der Waals surface area contributed by atoms with Gasteiger partial charge in [-0.3, -0.25) is 20.4 Å². The molecule has 1 unspecified atom stereocenters. The first kappa shape index (κ1) is 22.1. The maximum absolute atomic E-state index is 12.2. The number of hydrazine groups is 1. The van der Waals surface area contributed by atoms with Crippen LogP contribution in [0.4, 0.5) is 0 Å². The molecular formula is C22H28N2O5. The number of hydrogen-bond acceptors (Lipinski definition) is 5. The van der Waals surface area contributed by atoms with Gasteiger partial charge >= 0.3 is 0 Å². The first-order chi connectivity index (χ1) is 13.9. The molecule has 2 rings (SSSR count). The van der Waals surface area contributed by atoms with Crippen LogP contribution >= 0.6 is 0 Å². The molecular weight excluding hydrogens is 372 g/mol. The van der Waals surface area contributed by atoms with Gasteiger partial charge in [-0.2, -0.15) is 0 Å². The van der Waals surface area contributed by atoms with Gasteiger partial charge in [-0.05, 0) is 67.8 Å². The van der Waals surface area contributed by atoms with E-state index in [-0.39, 0.29) is 0 Å². The van der Waals surface area contributed by atoms with E-state index in [1.807, 2.05) is 0 Å². The minimum absolute atomic E-state index is 0.408. The number of ether oxygens (including phenoxy) is 3. The molecule has 0 saturated carbocycles. The Morgan fingerprint density at radius 1 is 0.862 bits per heavy atom. The number of methoxy groups -OCH3 is 1. The molecule has 0 heterocycles. The van der Waals surface area contributed by atoms with E-state index in [4.69, 9.17) is 14.2 Å². The van der Waals surface area contributed by atoms with Gasteiger partial charge in [0.2, 0.25) is 0 Å². The fourth-order valence-corrected chi connectivity index (χ4v) is 2.32. The monoisotopic (exact) mass is 400 g/mol. The molecule has 2 aromatic rings. The molecule has 2 aromatic carbocycles. The highest BCUT2D eigenvalue weighted by Crippen LogP contribution is 2.18. The zero-order valence-corrected chi connectivity index (χ0v) is 17.2. The quantitative estimate of drug-likeness (QED) is 0.631. The van der Waals surface area contributed by atoms with E-state index >= 15 is 0 Å². The van der Waals surface area contributed by atoms with E-state index in [1.165, 1.54) is 0 Å². The summed E-state index contributed by atoms with van der Waals surface area (Å²) in [4.78, 5) is 24.3. The van der Waals surface area contributed by atoms with Crippen LogP contribution in [0.25, 0.3) is 0 Å². The maximum atomic E-state index is 12.2. The van der Waals surface area contributed by atoms with Gasteiger partial charge in [0.15, 0.2) is 6.10 Å². The molecule has 0 aliphatic carbocycles. The topological polar surface area (TPSA) is 85.9 Å². The smallest absolute Gasteiger partial charge is 0.279 e. The number of benzene rings is 2. The lowest BCUT2D eigenvalue weighted by Crippen LogP contribution is -2.47. The Labute approximate surface area is 171 Å². The normalized spacial score (nSPS) is 11.5. The van der Waals surface area contributed by atoms with Crippen LogP contribution < -0.4 is 25.1 Å². The number of hydrogen-bond donors (Lipinski definition) is 2. The SMILES string of the molecule is COc1ccc(OC(C)C(=O)NNC(=O)c2ccc(OCCC(C)C)cc2)cc1. The molecule has 0 fully saturated rings. The van der Waals surface area contributed by atoms with Crippen LogP contribution in [0, 0.1) is 5.92 Å².